The van der Waals surface area contributed by atoms with Crippen LogP contribution in [-0.2, 0) is 21.2 Å². The van der Waals surface area contributed by atoms with Crippen molar-refractivity contribution in [2.45, 2.75) is 88.9 Å². The van der Waals surface area contributed by atoms with Crippen LogP contribution in [-0.4, -0.2) is 26.1 Å². The van der Waals surface area contributed by atoms with Crippen LogP contribution < -0.4 is 15.0 Å². The second-order valence-corrected chi connectivity index (χ2v) is 14.3. The van der Waals surface area contributed by atoms with Gasteiger partial charge < -0.3 is 5.32 Å². The van der Waals surface area contributed by atoms with E-state index < -0.39 is 21.8 Å². The topological polar surface area (TPSA) is 108 Å². The molecule has 0 fully saturated rings. The van der Waals surface area contributed by atoms with Gasteiger partial charge in [-0.2, -0.15) is 10.1 Å². The van der Waals surface area contributed by atoms with E-state index in [4.69, 9.17) is 34.8 Å². The number of benzene rings is 3. The molecule has 12 heteroatoms. The Bertz CT molecular complexity index is 1640. The van der Waals surface area contributed by atoms with Crippen molar-refractivity contribution in [3.63, 3.8) is 0 Å². The fourth-order valence-electron chi connectivity index (χ4n) is 5.20. The Morgan fingerprint density at radius 2 is 1.46 bits per heavy atom. The van der Waals surface area contributed by atoms with Crippen LogP contribution in [0.25, 0.3) is 0 Å². The molecule has 8 nitrogen and oxygen atoms in total. The highest BCUT2D eigenvalue weighted by Crippen LogP contribution is 2.38. The highest BCUT2D eigenvalue weighted by molar-refractivity contribution is 7.92. The molecule has 46 heavy (non-hydrogen) atoms. The van der Waals surface area contributed by atoms with Crippen molar-refractivity contribution in [2.75, 3.05) is 9.73 Å². The van der Waals surface area contributed by atoms with Crippen LogP contribution in [0.5, 0.6) is 0 Å². The van der Waals surface area contributed by atoms with Gasteiger partial charge in [-0.1, -0.05) is 118 Å². The van der Waals surface area contributed by atoms with Crippen LogP contribution in [0.1, 0.15) is 93.5 Å². The number of aryl methyl sites for hydroxylation is 1. The maximum absolute atomic E-state index is 13.1. The third kappa shape index (κ3) is 10.2. The molecule has 1 heterocycles. The summed E-state index contributed by atoms with van der Waals surface area (Å²) < 4.78 is 28.7. The molecule has 0 unspecified atom stereocenters. The average molecular weight is 706 g/mol. The number of nitrogens with zero attached hydrogens (tertiary/aromatic N) is 2. The number of rotatable bonds is 16. The number of sulfonamides is 1. The van der Waals surface area contributed by atoms with Gasteiger partial charge in [0.15, 0.2) is 0 Å². The predicted octanol–water partition coefficient (Wildman–Crippen LogP) is 9.39. The Labute approximate surface area is 286 Å². The van der Waals surface area contributed by atoms with Gasteiger partial charge in [0.05, 0.1) is 21.4 Å². The summed E-state index contributed by atoms with van der Waals surface area (Å²) in [5.41, 5.74) is 1.64. The first-order chi connectivity index (χ1) is 22.1. The lowest BCUT2D eigenvalue weighted by atomic mass is 10.0. The monoisotopic (exact) mass is 704 g/mol. The van der Waals surface area contributed by atoms with Gasteiger partial charge in [0.2, 0.25) is 0 Å². The van der Waals surface area contributed by atoms with E-state index in [0.29, 0.717) is 5.02 Å². The molecule has 0 saturated heterocycles. The van der Waals surface area contributed by atoms with Crippen LogP contribution in [0.4, 0.5) is 11.4 Å². The van der Waals surface area contributed by atoms with Gasteiger partial charge in [0.1, 0.15) is 11.5 Å². The molecule has 3 aromatic rings. The molecule has 2 amide bonds. The molecule has 4 rings (SSSR count). The third-order valence-electron chi connectivity index (χ3n) is 7.66. The molecule has 3 aromatic carbocycles. The Morgan fingerprint density at radius 3 is 2.09 bits per heavy atom. The molecule has 0 radical (unpaired) electrons. The smallest absolute Gasteiger partial charge is 0.261 e. The fraction of sp³-hybridized carbons (Fsp3) is 0.382. The first-order valence-corrected chi connectivity index (χ1v) is 18.3. The molecule has 0 bridgehead atoms. The number of anilines is 2. The number of carbonyl (C=O) groups excluding carboxylic acids is 2. The Kier molecular flexibility index (Phi) is 13.3. The van der Waals surface area contributed by atoms with E-state index in [9.17, 15) is 18.0 Å². The van der Waals surface area contributed by atoms with E-state index >= 15 is 0 Å². The summed E-state index contributed by atoms with van der Waals surface area (Å²) in [5, 5.41) is 8.36. The normalized spacial score (nSPS) is 13.2. The number of carbonyl (C=O) groups is 2. The first kappa shape index (κ1) is 35.7. The highest BCUT2D eigenvalue weighted by Gasteiger charge is 2.30. The minimum Gasteiger partial charge on any atom is -0.308 e. The maximum Gasteiger partial charge on any atom is 0.261 e. The van der Waals surface area contributed by atoms with Crippen molar-refractivity contribution in [1.82, 2.24) is 5.32 Å². The quantitative estimate of drug-likeness (QED) is 0.145. The lowest BCUT2D eigenvalue weighted by Gasteiger charge is -2.15. The van der Waals surface area contributed by atoms with Crippen LogP contribution in [0.2, 0.25) is 15.1 Å². The Hall–Kier alpha value is -3.11. The number of amides is 2. The molecule has 2 N–H and O–H groups in total. The van der Waals surface area contributed by atoms with Gasteiger partial charge >= 0.3 is 0 Å². The van der Waals surface area contributed by atoms with Crippen LogP contribution >= 0.6 is 34.8 Å². The minimum atomic E-state index is -3.89. The van der Waals surface area contributed by atoms with Gasteiger partial charge in [0, 0.05) is 16.3 Å². The van der Waals surface area contributed by atoms with Crippen molar-refractivity contribution in [2.24, 2.45) is 5.10 Å². The van der Waals surface area contributed by atoms with Crippen molar-refractivity contribution >= 4 is 73.9 Å². The highest BCUT2D eigenvalue weighted by atomic mass is 35.5. The largest absolute Gasteiger partial charge is 0.308 e. The summed E-state index contributed by atoms with van der Waals surface area (Å²) in [4.78, 5) is 25.8. The van der Waals surface area contributed by atoms with Crippen molar-refractivity contribution in [1.29, 1.82) is 0 Å². The SMILES string of the molecule is CCCCCCCCCCCCc1ccc(S(=O)(=O)Nc2cccc(C(=O)NC3=NN(c4c(Cl)cc(Cl)cc4Cl)C(=O)C3)c2)cc1. The summed E-state index contributed by atoms with van der Waals surface area (Å²) >= 11 is 18.4. The number of hydrazone groups is 1. The molecular weight excluding hydrogens is 667 g/mol. The molecule has 0 atom stereocenters. The second-order valence-electron chi connectivity index (χ2n) is 11.4. The molecular formula is C34H39Cl3N4O4S. The summed E-state index contributed by atoms with van der Waals surface area (Å²) in [6.45, 7) is 2.24. The number of halogens is 3. The van der Waals surface area contributed by atoms with Gasteiger partial charge in [-0.15, -0.1) is 0 Å². The van der Waals surface area contributed by atoms with Gasteiger partial charge in [0.25, 0.3) is 21.8 Å². The van der Waals surface area contributed by atoms with Crippen LogP contribution in [0.15, 0.2) is 70.7 Å². The molecule has 1 aliphatic rings. The number of unbranched alkanes of at least 4 members (excludes halogenated alkanes) is 9. The van der Waals surface area contributed by atoms with E-state index in [1.54, 1.807) is 24.3 Å². The summed E-state index contributed by atoms with van der Waals surface area (Å²) in [7, 11) is -3.89. The molecule has 0 aliphatic carbocycles. The lowest BCUT2D eigenvalue weighted by Crippen LogP contribution is -2.29. The van der Waals surface area contributed by atoms with Gasteiger partial charge in [-0.05, 0) is 60.9 Å². The zero-order chi connectivity index (χ0) is 33.1. The zero-order valence-electron chi connectivity index (χ0n) is 25.8. The zero-order valence-corrected chi connectivity index (χ0v) is 28.9. The van der Waals surface area contributed by atoms with E-state index in [2.05, 4.69) is 22.1 Å². The predicted molar refractivity (Wildman–Crippen MR) is 188 cm³/mol. The van der Waals surface area contributed by atoms with Crippen molar-refractivity contribution < 1.29 is 18.0 Å². The summed E-state index contributed by atoms with van der Waals surface area (Å²) in [5.74, 6) is -0.933. The third-order valence-corrected chi connectivity index (χ3v) is 9.85. The summed E-state index contributed by atoms with van der Waals surface area (Å²) in [6, 6.07) is 15.8. The standard InChI is InChI=1S/C34H39Cl3N4O4S/c1-2-3-4-5-6-7-8-9-10-11-13-24-16-18-28(19-17-24)46(44,45)40-27-15-12-14-25(20-27)34(43)38-31-23-32(42)41(39-31)33-29(36)21-26(35)22-30(33)37/h12,14-22,40H,2-11,13,23H2,1H3,(H,38,39,43). The van der Waals surface area contributed by atoms with E-state index in [0.717, 1.165) is 23.4 Å². The van der Waals surface area contributed by atoms with Gasteiger partial charge in [-0.3, -0.25) is 14.3 Å². The first-order valence-electron chi connectivity index (χ1n) is 15.7. The fourth-order valence-corrected chi connectivity index (χ4v) is 7.23. The van der Waals surface area contributed by atoms with Crippen LogP contribution in [0, 0.1) is 0 Å². The lowest BCUT2D eigenvalue weighted by molar-refractivity contribution is -0.116. The van der Waals surface area contributed by atoms with Gasteiger partial charge in [-0.25, -0.2) is 8.42 Å². The number of amidine groups is 1. The Balaban J connectivity index is 1.28. The van der Waals surface area contributed by atoms with Crippen LogP contribution in [0.3, 0.4) is 0 Å². The molecule has 0 saturated carbocycles. The number of hydrogen-bond acceptors (Lipinski definition) is 5. The minimum absolute atomic E-state index is 0.0842. The summed E-state index contributed by atoms with van der Waals surface area (Å²) in [6.07, 6.45) is 13.4. The molecule has 1 aliphatic heterocycles. The number of hydrogen-bond donors (Lipinski definition) is 2. The van der Waals surface area contributed by atoms with E-state index in [-0.39, 0.29) is 44.1 Å². The maximum atomic E-state index is 13.1. The number of nitrogens with one attached hydrogen (secondary N) is 2. The van der Waals surface area contributed by atoms with Crippen molar-refractivity contribution in [3.05, 3.63) is 86.9 Å². The molecule has 246 valence electrons. The Morgan fingerprint density at radius 1 is 0.848 bits per heavy atom. The second kappa shape index (κ2) is 17.2. The molecule has 0 spiro atoms. The van der Waals surface area contributed by atoms with E-state index in [1.165, 1.54) is 82.1 Å². The van der Waals surface area contributed by atoms with Crippen molar-refractivity contribution in [3.8, 4) is 0 Å². The average Bonchev–Trinajstić information content (AvgIpc) is 3.36. The molecule has 0 aromatic heterocycles. The van der Waals surface area contributed by atoms with E-state index in [1.807, 2.05) is 12.1 Å².